The average Bonchev–Trinajstić information content (AvgIpc) is 2.19. The molecule has 0 aliphatic carbocycles. The Hall–Kier alpha value is -2.22. The van der Waals surface area contributed by atoms with Crippen molar-refractivity contribution in [3.05, 3.63) is 37.9 Å². The van der Waals surface area contributed by atoms with Crippen LogP contribution in [0.2, 0.25) is 0 Å². The molecule has 0 aliphatic rings. The van der Waals surface area contributed by atoms with E-state index in [1.54, 1.807) is 0 Å². The zero-order chi connectivity index (χ0) is 12.3. The molecule has 0 aromatic heterocycles. The summed E-state index contributed by atoms with van der Waals surface area (Å²) >= 11 is 0. The molecule has 8 nitrogen and oxygen atoms in total. The second-order valence-corrected chi connectivity index (χ2v) is 3.04. The highest BCUT2D eigenvalue weighted by Crippen LogP contribution is 2.36. The number of phenolic OH excluding ortho intramolecular Hbond substituents is 1. The van der Waals surface area contributed by atoms with Gasteiger partial charge in [0, 0.05) is 12.1 Å². The van der Waals surface area contributed by atoms with Crippen molar-refractivity contribution in [2.45, 2.75) is 6.42 Å². The van der Waals surface area contributed by atoms with Crippen LogP contribution in [0.3, 0.4) is 0 Å². The van der Waals surface area contributed by atoms with Gasteiger partial charge in [0.2, 0.25) is 0 Å². The van der Waals surface area contributed by atoms with E-state index in [1.165, 1.54) is 0 Å². The molecule has 16 heavy (non-hydrogen) atoms. The predicted octanol–water partition coefficient (Wildman–Crippen LogP) is 0.710. The van der Waals surface area contributed by atoms with Crippen molar-refractivity contribution in [2.24, 2.45) is 5.73 Å². The van der Waals surface area contributed by atoms with Gasteiger partial charge in [0.15, 0.2) is 0 Å². The first kappa shape index (κ1) is 11.9. The summed E-state index contributed by atoms with van der Waals surface area (Å²) in [5.74, 6) is -0.934. The Balaban J connectivity index is 3.38. The van der Waals surface area contributed by atoms with Crippen LogP contribution < -0.4 is 5.73 Å². The number of nitro groups is 2. The van der Waals surface area contributed by atoms with E-state index in [4.69, 9.17) is 5.73 Å². The molecule has 86 valence electrons. The highest BCUT2D eigenvalue weighted by molar-refractivity contribution is 5.61. The van der Waals surface area contributed by atoms with Crippen LogP contribution in [0.25, 0.3) is 0 Å². The molecule has 1 aromatic carbocycles. The van der Waals surface area contributed by atoms with Gasteiger partial charge in [0.1, 0.15) is 0 Å². The summed E-state index contributed by atoms with van der Waals surface area (Å²) in [5, 5.41) is 30.4. The molecule has 0 radical (unpaired) electrons. The van der Waals surface area contributed by atoms with Crippen LogP contribution in [0.4, 0.5) is 11.4 Å². The summed E-state index contributed by atoms with van der Waals surface area (Å²) in [4.78, 5) is 19.3. The van der Waals surface area contributed by atoms with E-state index in [2.05, 4.69) is 0 Å². The molecule has 0 heterocycles. The van der Waals surface area contributed by atoms with Crippen molar-refractivity contribution >= 4 is 11.4 Å². The van der Waals surface area contributed by atoms with Gasteiger partial charge in [0.25, 0.3) is 5.75 Å². The lowest BCUT2D eigenvalue weighted by atomic mass is 10.1. The Morgan fingerprint density at radius 2 is 1.62 bits per heavy atom. The topological polar surface area (TPSA) is 133 Å². The minimum Gasteiger partial charge on any atom is -0.497 e. The molecule has 0 aliphatic heterocycles. The number of nitrogens with zero attached hydrogens (tertiary/aromatic N) is 2. The molecule has 1 rings (SSSR count). The number of phenols is 1. The number of benzene rings is 1. The van der Waals surface area contributed by atoms with Crippen molar-refractivity contribution in [3.8, 4) is 5.75 Å². The largest absolute Gasteiger partial charge is 0.497 e. The summed E-state index contributed by atoms with van der Waals surface area (Å²) in [5.41, 5.74) is 4.23. The van der Waals surface area contributed by atoms with E-state index in [0.717, 1.165) is 12.1 Å². The third-order valence-corrected chi connectivity index (χ3v) is 1.96. The number of hydrogen-bond acceptors (Lipinski definition) is 6. The first-order chi connectivity index (χ1) is 7.47. The maximum atomic E-state index is 10.5. The Labute approximate surface area is 89.6 Å². The second kappa shape index (κ2) is 4.53. The van der Waals surface area contributed by atoms with Crippen LogP contribution in [0, 0.1) is 20.2 Å². The van der Waals surface area contributed by atoms with Crippen LogP contribution in [0.5, 0.6) is 5.75 Å². The fraction of sp³-hybridized carbons (Fsp3) is 0.250. The third-order valence-electron chi connectivity index (χ3n) is 1.96. The van der Waals surface area contributed by atoms with Gasteiger partial charge in [0.05, 0.1) is 9.85 Å². The number of nitro benzene ring substituents is 2. The molecule has 1 aromatic rings. The average molecular weight is 227 g/mol. The normalized spacial score (nSPS) is 10.1. The molecule has 0 spiro atoms. The molecule has 0 atom stereocenters. The van der Waals surface area contributed by atoms with Gasteiger partial charge >= 0.3 is 11.4 Å². The molecule has 8 heteroatoms. The van der Waals surface area contributed by atoms with Gasteiger partial charge < -0.3 is 10.8 Å². The van der Waals surface area contributed by atoms with Gasteiger partial charge in [-0.2, -0.15) is 0 Å². The maximum absolute atomic E-state index is 10.5. The zero-order valence-corrected chi connectivity index (χ0v) is 8.12. The molecule has 0 bridgehead atoms. The quantitative estimate of drug-likeness (QED) is 0.574. The highest BCUT2D eigenvalue weighted by Gasteiger charge is 2.25. The monoisotopic (exact) mass is 227 g/mol. The standard InChI is InChI=1S/C8H9N3O5/c9-2-1-5-3-6(10(13)14)8(12)7(4-5)11(15)16/h3-4,12H,1-2,9H2. The first-order valence-corrected chi connectivity index (χ1v) is 4.32. The molecule has 0 saturated carbocycles. The predicted molar refractivity (Wildman–Crippen MR) is 54.2 cm³/mol. The van der Waals surface area contributed by atoms with Crippen LogP contribution in [0.15, 0.2) is 12.1 Å². The fourth-order valence-corrected chi connectivity index (χ4v) is 1.25. The van der Waals surface area contributed by atoms with Gasteiger partial charge in [-0.15, -0.1) is 0 Å². The van der Waals surface area contributed by atoms with Gasteiger partial charge in [-0.1, -0.05) is 0 Å². The summed E-state index contributed by atoms with van der Waals surface area (Å²) in [6.07, 6.45) is 0.266. The summed E-state index contributed by atoms with van der Waals surface area (Å²) < 4.78 is 0. The number of nitrogens with two attached hydrogens (primary N) is 1. The Morgan fingerprint density at radius 1 is 1.19 bits per heavy atom. The Bertz CT molecular complexity index is 410. The van der Waals surface area contributed by atoms with E-state index in [1.807, 2.05) is 0 Å². The van der Waals surface area contributed by atoms with Crippen molar-refractivity contribution in [2.75, 3.05) is 6.54 Å². The van der Waals surface area contributed by atoms with Crippen molar-refractivity contribution in [3.63, 3.8) is 0 Å². The second-order valence-electron chi connectivity index (χ2n) is 3.04. The van der Waals surface area contributed by atoms with Crippen LogP contribution >= 0.6 is 0 Å². The van der Waals surface area contributed by atoms with Gasteiger partial charge in [-0.25, -0.2) is 0 Å². The SMILES string of the molecule is NCCc1cc([N+](=O)[O-])c(O)c([N+](=O)[O-])c1. The molecule has 0 amide bonds. The first-order valence-electron chi connectivity index (χ1n) is 4.32. The molecule has 0 fully saturated rings. The molecule has 0 unspecified atom stereocenters. The van der Waals surface area contributed by atoms with E-state index < -0.39 is 27.0 Å². The minimum absolute atomic E-state index is 0.207. The van der Waals surface area contributed by atoms with E-state index in [9.17, 15) is 25.3 Å². The minimum atomic E-state index is -0.934. The van der Waals surface area contributed by atoms with E-state index in [-0.39, 0.29) is 13.0 Å². The van der Waals surface area contributed by atoms with Gasteiger partial charge in [-0.3, -0.25) is 20.2 Å². The Morgan fingerprint density at radius 3 is 1.94 bits per heavy atom. The molecular formula is C8H9N3O5. The van der Waals surface area contributed by atoms with Gasteiger partial charge in [-0.05, 0) is 18.5 Å². The van der Waals surface area contributed by atoms with Crippen molar-refractivity contribution in [1.82, 2.24) is 0 Å². The number of aromatic hydroxyl groups is 1. The van der Waals surface area contributed by atoms with Crippen LogP contribution in [-0.4, -0.2) is 21.5 Å². The van der Waals surface area contributed by atoms with Crippen molar-refractivity contribution < 1.29 is 15.0 Å². The van der Waals surface area contributed by atoms with E-state index >= 15 is 0 Å². The zero-order valence-electron chi connectivity index (χ0n) is 8.12. The fourth-order valence-electron chi connectivity index (χ4n) is 1.25. The van der Waals surface area contributed by atoms with Crippen molar-refractivity contribution in [1.29, 1.82) is 0 Å². The molecule has 3 N–H and O–H groups in total. The smallest absolute Gasteiger partial charge is 0.318 e. The summed E-state index contributed by atoms with van der Waals surface area (Å²) in [6.45, 7) is 0.207. The molecule has 0 saturated heterocycles. The van der Waals surface area contributed by atoms with Crippen LogP contribution in [0.1, 0.15) is 5.56 Å². The van der Waals surface area contributed by atoms with E-state index in [0.29, 0.717) is 5.56 Å². The molecular weight excluding hydrogens is 218 g/mol. The summed E-state index contributed by atoms with van der Waals surface area (Å²) in [7, 11) is 0. The third kappa shape index (κ3) is 2.23. The lowest BCUT2D eigenvalue weighted by Crippen LogP contribution is -2.04. The highest BCUT2D eigenvalue weighted by atomic mass is 16.6. The van der Waals surface area contributed by atoms with Crippen LogP contribution in [-0.2, 0) is 6.42 Å². The maximum Gasteiger partial charge on any atom is 0.318 e. The number of rotatable bonds is 4. The summed E-state index contributed by atoms with van der Waals surface area (Å²) in [6, 6.07) is 2.16. The lowest BCUT2D eigenvalue weighted by Gasteiger charge is -2.02. The lowest BCUT2D eigenvalue weighted by molar-refractivity contribution is -0.396. The Kier molecular flexibility index (Phi) is 3.36. The number of hydrogen-bond donors (Lipinski definition) is 2.